The lowest BCUT2D eigenvalue weighted by molar-refractivity contribution is -0.0693. The van der Waals surface area contributed by atoms with Crippen LogP contribution in [0.4, 0.5) is 5.69 Å². The number of methoxy groups -OCH3 is 2. The van der Waals surface area contributed by atoms with Crippen molar-refractivity contribution in [1.29, 1.82) is 0 Å². The van der Waals surface area contributed by atoms with Gasteiger partial charge in [-0.25, -0.2) is 4.79 Å². The first-order chi connectivity index (χ1) is 21.1. The molecule has 4 aliphatic rings. The predicted octanol–water partition coefficient (Wildman–Crippen LogP) is 6.18. The fourth-order valence-electron chi connectivity index (χ4n) is 8.43. The number of ether oxygens (including phenoxy) is 3. The van der Waals surface area contributed by atoms with Gasteiger partial charge in [0.05, 0.1) is 43.4 Å². The number of benzene rings is 2. The molecule has 240 valence electrons. The summed E-state index contributed by atoms with van der Waals surface area (Å²) in [6.07, 6.45) is 9.51. The van der Waals surface area contributed by atoms with Crippen molar-refractivity contribution in [2.75, 3.05) is 45.1 Å². The third-order valence-corrected chi connectivity index (χ3v) is 11.4. The fourth-order valence-corrected chi connectivity index (χ4v) is 9.29. The monoisotopic (exact) mass is 645 g/mol. The lowest BCUT2D eigenvalue weighted by Crippen LogP contribution is -2.51. The number of carbonyl (C=O) groups is 1. The SMILES string of the molecule is COC(=O)c1ccc2c(c1)N(C[C@@H]1CC[C@H]1[C@@H](OC)[C@H]1CCC[C@@H](OS(C)(=O)=O)C1)C[C@@]1(CCCc3cc(Cl)ccc31)CO2. The summed E-state index contributed by atoms with van der Waals surface area (Å²) in [6, 6.07) is 11.9. The highest BCUT2D eigenvalue weighted by atomic mass is 35.5. The molecule has 6 atom stereocenters. The first-order valence-electron chi connectivity index (χ1n) is 15.9. The molecule has 0 amide bonds. The minimum absolute atomic E-state index is 0.0373. The summed E-state index contributed by atoms with van der Waals surface area (Å²) in [7, 11) is -0.308. The van der Waals surface area contributed by atoms with Crippen LogP contribution in [0.2, 0.25) is 5.02 Å². The zero-order chi connectivity index (χ0) is 31.1. The summed E-state index contributed by atoms with van der Waals surface area (Å²) in [4.78, 5) is 15.0. The Morgan fingerprint density at radius 1 is 1.11 bits per heavy atom. The van der Waals surface area contributed by atoms with Crippen molar-refractivity contribution in [1.82, 2.24) is 0 Å². The van der Waals surface area contributed by atoms with Crippen molar-refractivity contribution in [2.45, 2.75) is 75.4 Å². The number of hydrogen-bond donors (Lipinski definition) is 0. The summed E-state index contributed by atoms with van der Waals surface area (Å²) in [6.45, 7) is 2.14. The second-order valence-corrected chi connectivity index (χ2v) is 15.4. The molecule has 0 radical (unpaired) electrons. The van der Waals surface area contributed by atoms with Crippen molar-refractivity contribution in [3.05, 3.63) is 58.1 Å². The van der Waals surface area contributed by atoms with Crippen LogP contribution in [0.3, 0.4) is 0 Å². The highest BCUT2D eigenvalue weighted by Gasteiger charge is 2.46. The van der Waals surface area contributed by atoms with Gasteiger partial charge >= 0.3 is 5.97 Å². The van der Waals surface area contributed by atoms with Crippen molar-refractivity contribution >= 4 is 33.4 Å². The quantitative estimate of drug-likeness (QED) is 0.249. The van der Waals surface area contributed by atoms with E-state index in [9.17, 15) is 13.2 Å². The number of esters is 1. The maximum absolute atomic E-state index is 12.6. The summed E-state index contributed by atoms with van der Waals surface area (Å²) in [5, 5.41) is 0.757. The first-order valence-corrected chi connectivity index (χ1v) is 18.1. The van der Waals surface area contributed by atoms with Crippen LogP contribution in [0.5, 0.6) is 5.75 Å². The number of hydrogen-bond acceptors (Lipinski definition) is 8. The van der Waals surface area contributed by atoms with E-state index in [1.807, 2.05) is 18.2 Å². The van der Waals surface area contributed by atoms with Crippen LogP contribution in [0, 0.1) is 17.8 Å². The van der Waals surface area contributed by atoms with Gasteiger partial charge in [0.1, 0.15) is 5.75 Å². The predicted molar refractivity (Wildman–Crippen MR) is 170 cm³/mol. The zero-order valence-electron chi connectivity index (χ0n) is 25.9. The second-order valence-electron chi connectivity index (χ2n) is 13.3. The van der Waals surface area contributed by atoms with Gasteiger partial charge in [-0.1, -0.05) is 24.1 Å². The Morgan fingerprint density at radius 3 is 2.68 bits per heavy atom. The molecule has 2 saturated carbocycles. The number of anilines is 1. The Labute approximate surface area is 266 Å². The highest BCUT2D eigenvalue weighted by Crippen LogP contribution is 2.48. The van der Waals surface area contributed by atoms with Gasteiger partial charge in [-0.2, -0.15) is 8.42 Å². The van der Waals surface area contributed by atoms with Crippen molar-refractivity contribution in [3.63, 3.8) is 0 Å². The van der Waals surface area contributed by atoms with E-state index in [0.717, 1.165) is 87.2 Å². The number of carbonyl (C=O) groups excluding carboxylic acids is 1. The van der Waals surface area contributed by atoms with Gasteiger partial charge in [0.2, 0.25) is 0 Å². The van der Waals surface area contributed by atoms with E-state index < -0.39 is 10.1 Å². The van der Waals surface area contributed by atoms with Crippen molar-refractivity contribution in [2.24, 2.45) is 17.8 Å². The molecule has 2 fully saturated rings. The molecular formula is C34H44ClNO7S. The summed E-state index contributed by atoms with van der Waals surface area (Å²) < 4.78 is 47.0. The van der Waals surface area contributed by atoms with Crippen LogP contribution in [0.25, 0.3) is 0 Å². The van der Waals surface area contributed by atoms with Gasteiger partial charge < -0.3 is 19.1 Å². The molecule has 2 aromatic carbocycles. The number of aryl methyl sites for hydroxylation is 1. The normalized spacial score (nSPS) is 29.0. The van der Waals surface area contributed by atoms with E-state index >= 15 is 0 Å². The number of fused-ring (bicyclic) bond motifs is 3. The van der Waals surface area contributed by atoms with E-state index in [4.69, 9.17) is 30.0 Å². The molecule has 44 heavy (non-hydrogen) atoms. The Morgan fingerprint density at radius 2 is 1.95 bits per heavy atom. The highest BCUT2D eigenvalue weighted by molar-refractivity contribution is 7.86. The van der Waals surface area contributed by atoms with Crippen molar-refractivity contribution in [3.8, 4) is 5.75 Å². The molecule has 3 aliphatic carbocycles. The Balaban J connectivity index is 1.29. The minimum atomic E-state index is -3.50. The maximum atomic E-state index is 12.6. The summed E-state index contributed by atoms with van der Waals surface area (Å²) >= 11 is 6.42. The van der Waals surface area contributed by atoms with Gasteiger partial charge in [0.25, 0.3) is 10.1 Å². The molecule has 8 nitrogen and oxygen atoms in total. The van der Waals surface area contributed by atoms with E-state index in [-0.39, 0.29) is 29.5 Å². The van der Waals surface area contributed by atoms with Crippen LogP contribution < -0.4 is 9.64 Å². The Kier molecular flexibility index (Phi) is 9.22. The second kappa shape index (κ2) is 12.8. The van der Waals surface area contributed by atoms with Gasteiger partial charge in [0.15, 0.2) is 0 Å². The van der Waals surface area contributed by atoms with E-state index in [1.165, 1.54) is 18.2 Å². The molecule has 2 aromatic rings. The largest absolute Gasteiger partial charge is 0.490 e. The van der Waals surface area contributed by atoms with Crippen LogP contribution in [-0.2, 0) is 35.6 Å². The third kappa shape index (κ3) is 6.48. The van der Waals surface area contributed by atoms with E-state index in [1.54, 1.807) is 13.2 Å². The smallest absolute Gasteiger partial charge is 0.337 e. The van der Waals surface area contributed by atoms with Crippen LogP contribution in [-0.4, -0.2) is 66.8 Å². The lowest BCUT2D eigenvalue weighted by Gasteiger charge is -2.48. The van der Waals surface area contributed by atoms with Gasteiger partial charge in [0, 0.05) is 30.6 Å². The topological polar surface area (TPSA) is 91.4 Å². The Hall–Kier alpha value is -2.33. The average Bonchev–Trinajstić information content (AvgIpc) is 3.13. The lowest BCUT2D eigenvalue weighted by atomic mass is 9.65. The van der Waals surface area contributed by atoms with Gasteiger partial charge in [-0.3, -0.25) is 4.18 Å². The molecule has 1 spiro atoms. The number of halogens is 1. The molecule has 1 heterocycles. The van der Waals surface area contributed by atoms with Crippen molar-refractivity contribution < 1.29 is 31.6 Å². The minimum Gasteiger partial charge on any atom is -0.490 e. The molecular weight excluding hydrogens is 602 g/mol. The summed E-state index contributed by atoms with van der Waals surface area (Å²) in [5.74, 6) is 1.40. The van der Waals surface area contributed by atoms with Crippen LogP contribution in [0.15, 0.2) is 36.4 Å². The van der Waals surface area contributed by atoms with Crippen LogP contribution >= 0.6 is 11.6 Å². The first kappa shape index (κ1) is 31.6. The molecule has 0 saturated heterocycles. The van der Waals surface area contributed by atoms with E-state index in [2.05, 4.69) is 17.0 Å². The van der Waals surface area contributed by atoms with Gasteiger partial charge in [-0.15, -0.1) is 0 Å². The fraction of sp³-hybridized carbons (Fsp3) is 0.618. The Bertz CT molecular complexity index is 1480. The molecule has 0 unspecified atom stereocenters. The molecule has 0 N–H and O–H groups in total. The molecule has 0 bridgehead atoms. The number of nitrogens with zero attached hydrogens (tertiary/aromatic N) is 1. The van der Waals surface area contributed by atoms with Crippen LogP contribution in [0.1, 0.15) is 72.9 Å². The van der Waals surface area contributed by atoms with Gasteiger partial charge in [-0.05, 0) is 111 Å². The molecule has 6 rings (SSSR count). The number of rotatable bonds is 8. The van der Waals surface area contributed by atoms with E-state index in [0.29, 0.717) is 30.4 Å². The zero-order valence-corrected chi connectivity index (χ0v) is 27.5. The standard InChI is InChI=1S/C34H44ClNO7S/c1-40-32(23-6-4-8-27(17-23)43-44(3,38)39)28-12-9-25(28)19-36-20-34(15-5-7-22-16-26(35)11-13-29(22)34)21-42-31-14-10-24(18-30(31)36)33(37)41-2/h10-11,13-14,16,18,23,25,27-28,32H,4-9,12,15,17,19-21H2,1-3H3/t23-,25-,27+,28+,32-,34-/m0/s1. The molecule has 10 heteroatoms. The summed E-state index contributed by atoms with van der Waals surface area (Å²) in [5.41, 5.74) is 3.81. The average molecular weight is 646 g/mol. The maximum Gasteiger partial charge on any atom is 0.337 e. The third-order valence-electron chi connectivity index (χ3n) is 10.5. The molecule has 0 aromatic heterocycles. The molecule has 1 aliphatic heterocycles.